The van der Waals surface area contributed by atoms with Crippen LogP contribution in [0.5, 0.6) is 0 Å². The third kappa shape index (κ3) is 0.428. The Morgan fingerprint density at radius 2 is 1.88 bits per heavy atom. The monoisotopic (exact) mass is 284 g/mol. The Labute approximate surface area is 102 Å². The molecule has 7 aliphatic rings. The smallest absolute Gasteiger partial charge is 0.187 e. The molecule has 2 bridgehead atoms. The first-order chi connectivity index (χ1) is 7.75. The van der Waals surface area contributed by atoms with Gasteiger partial charge in [0.15, 0.2) is 5.79 Å². The zero-order valence-corrected chi connectivity index (χ0v) is 10.3. The van der Waals surface area contributed by atoms with Gasteiger partial charge in [0, 0.05) is 17.9 Å². The SMILES string of the molecule is OCC12C3C4C5C1C2C(Br)(C43)C51OCCO1. The van der Waals surface area contributed by atoms with Gasteiger partial charge in [-0.2, -0.15) is 0 Å². The summed E-state index contributed by atoms with van der Waals surface area (Å²) in [5.74, 6) is 3.92. The van der Waals surface area contributed by atoms with Crippen molar-refractivity contribution in [1.82, 2.24) is 0 Å². The lowest BCUT2D eigenvalue weighted by Gasteiger charge is -2.37. The molecule has 1 N–H and O–H groups in total. The number of hydrogen-bond donors (Lipinski definition) is 1. The second-order valence-corrected chi connectivity index (χ2v) is 7.87. The van der Waals surface area contributed by atoms with E-state index in [-0.39, 0.29) is 15.5 Å². The first-order valence-electron chi connectivity index (χ1n) is 6.33. The van der Waals surface area contributed by atoms with Gasteiger partial charge < -0.3 is 14.6 Å². The minimum atomic E-state index is -0.302. The first-order valence-corrected chi connectivity index (χ1v) is 7.12. The number of rotatable bonds is 1. The highest BCUT2D eigenvalue weighted by atomic mass is 79.9. The lowest BCUT2D eigenvalue weighted by Crippen LogP contribution is -2.50. The van der Waals surface area contributed by atoms with E-state index in [1.54, 1.807) is 0 Å². The average molecular weight is 285 g/mol. The fraction of sp³-hybridized carbons (Fsp3) is 1.00. The third-order valence-electron chi connectivity index (χ3n) is 6.85. The molecule has 8 unspecified atom stereocenters. The molecule has 1 aliphatic heterocycles. The van der Waals surface area contributed by atoms with E-state index in [0.29, 0.717) is 24.4 Å². The van der Waals surface area contributed by atoms with Crippen molar-refractivity contribution in [2.45, 2.75) is 10.1 Å². The Morgan fingerprint density at radius 1 is 1.12 bits per heavy atom. The van der Waals surface area contributed by atoms with Crippen LogP contribution >= 0.6 is 15.9 Å². The molecular weight excluding hydrogens is 272 g/mol. The second-order valence-electron chi connectivity index (χ2n) is 6.56. The molecule has 7 fully saturated rings. The molecule has 0 amide bonds. The summed E-state index contributed by atoms with van der Waals surface area (Å²) in [7, 11) is 0. The van der Waals surface area contributed by atoms with Gasteiger partial charge in [0.2, 0.25) is 0 Å². The van der Waals surface area contributed by atoms with Gasteiger partial charge in [-0.15, -0.1) is 0 Å². The van der Waals surface area contributed by atoms with Crippen LogP contribution in [0.15, 0.2) is 0 Å². The van der Waals surface area contributed by atoms with Crippen molar-refractivity contribution in [1.29, 1.82) is 0 Å². The molecule has 6 saturated carbocycles. The van der Waals surface area contributed by atoms with Gasteiger partial charge in [0.25, 0.3) is 0 Å². The van der Waals surface area contributed by atoms with Gasteiger partial charge in [-0.05, 0) is 29.6 Å². The van der Waals surface area contributed by atoms with Crippen molar-refractivity contribution < 1.29 is 14.6 Å². The second kappa shape index (κ2) is 1.85. The highest BCUT2D eigenvalue weighted by Crippen LogP contribution is 3.04. The lowest BCUT2D eigenvalue weighted by molar-refractivity contribution is -0.193. The quantitative estimate of drug-likeness (QED) is 0.717. The van der Waals surface area contributed by atoms with Crippen molar-refractivity contribution >= 4 is 15.9 Å². The van der Waals surface area contributed by atoms with Crippen LogP contribution in [0.1, 0.15) is 0 Å². The minimum absolute atomic E-state index is 0.0594. The van der Waals surface area contributed by atoms with Crippen LogP contribution in [-0.4, -0.2) is 35.0 Å². The van der Waals surface area contributed by atoms with E-state index >= 15 is 0 Å². The van der Waals surface area contributed by atoms with Crippen molar-refractivity contribution in [3.63, 3.8) is 0 Å². The van der Waals surface area contributed by atoms with Crippen LogP contribution in [-0.2, 0) is 9.47 Å². The highest BCUT2D eigenvalue weighted by Gasteiger charge is 3.08. The Hall–Kier alpha value is 0.360. The van der Waals surface area contributed by atoms with Crippen LogP contribution in [0, 0.1) is 40.9 Å². The maximum Gasteiger partial charge on any atom is 0.187 e. The molecule has 16 heavy (non-hydrogen) atoms. The third-order valence-corrected chi connectivity index (χ3v) is 8.42. The first kappa shape index (κ1) is 8.46. The lowest BCUT2D eigenvalue weighted by atomic mass is 9.94. The van der Waals surface area contributed by atoms with Gasteiger partial charge >= 0.3 is 0 Å². The molecule has 1 saturated heterocycles. The van der Waals surface area contributed by atoms with E-state index < -0.39 is 0 Å². The molecule has 0 aromatic rings. The topological polar surface area (TPSA) is 38.7 Å². The summed E-state index contributed by atoms with van der Waals surface area (Å²) < 4.78 is 12.1. The van der Waals surface area contributed by atoms with Crippen LogP contribution < -0.4 is 0 Å². The Kier molecular flexibility index (Phi) is 0.979. The molecule has 0 aromatic heterocycles. The van der Waals surface area contributed by atoms with E-state index in [2.05, 4.69) is 15.9 Å². The van der Waals surface area contributed by atoms with Gasteiger partial charge in [0.1, 0.15) is 0 Å². The van der Waals surface area contributed by atoms with Crippen LogP contribution in [0.3, 0.4) is 0 Å². The summed E-state index contributed by atoms with van der Waals surface area (Å²) >= 11 is 4.02. The summed E-state index contributed by atoms with van der Waals surface area (Å²) in [4.78, 5) is 0. The van der Waals surface area contributed by atoms with E-state index in [1.807, 2.05) is 0 Å². The van der Waals surface area contributed by atoms with E-state index in [4.69, 9.17) is 9.47 Å². The molecule has 3 nitrogen and oxygen atoms in total. The number of aliphatic hydroxyl groups excluding tert-OH is 1. The molecule has 7 rings (SSSR count). The van der Waals surface area contributed by atoms with Crippen molar-refractivity contribution in [2.24, 2.45) is 40.9 Å². The number of alkyl halides is 1. The number of aliphatic hydroxyl groups is 1. The number of halogens is 1. The van der Waals surface area contributed by atoms with E-state index in [9.17, 15) is 5.11 Å². The predicted molar refractivity (Wildman–Crippen MR) is 56.8 cm³/mol. The summed E-state index contributed by atoms with van der Waals surface area (Å²) in [5, 5.41) is 9.74. The molecule has 0 radical (unpaired) electrons. The highest BCUT2D eigenvalue weighted by molar-refractivity contribution is 9.10. The predicted octanol–water partition coefficient (Wildman–Crippen LogP) is 0.607. The molecule has 86 valence electrons. The van der Waals surface area contributed by atoms with Crippen LogP contribution in [0.4, 0.5) is 0 Å². The van der Waals surface area contributed by atoms with Crippen LogP contribution in [0.25, 0.3) is 0 Å². The summed E-state index contributed by atoms with van der Waals surface area (Å²) in [6, 6.07) is 0. The average Bonchev–Trinajstić information content (AvgIpc) is 2.97. The summed E-state index contributed by atoms with van der Waals surface area (Å²) in [6.07, 6.45) is 0. The summed E-state index contributed by atoms with van der Waals surface area (Å²) in [5.41, 5.74) is 0.282. The van der Waals surface area contributed by atoms with Crippen LogP contribution in [0.2, 0.25) is 0 Å². The fourth-order valence-corrected chi connectivity index (χ4v) is 8.71. The van der Waals surface area contributed by atoms with Crippen molar-refractivity contribution in [3.8, 4) is 0 Å². The van der Waals surface area contributed by atoms with Gasteiger partial charge in [-0.25, -0.2) is 0 Å². The maximum atomic E-state index is 9.74. The zero-order valence-electron chi connectivity index (χ0n) is 8.73. The molecule has 0 aromatic carbocycles. The minimum Gasteiger partial charge on any atom is -0.396 e. The van der Waals surface area contributed by atoms with Crippen molar-refractivity contribution in [3.05, 3.63) is 0 Å². The molecular formula is C12H13BrO3. The number of ether oxygens (including phenoxy) is 2. The maximum absolute atomic E-state index is 9.74. The standard InChI is InChI=1S/C12H13BrO3/c13-11-6-4-5(6)10(3-14)8(9(10)11)7(4)12(11)15-1-2-16-12/h4-9,14H,1-3H2. The Bertz CT molecular complexity index is 448. The summed E-state index contributed by atoms with van der Waals surface area (Å²) in [6.45, 7) is 1.89. The number of hydrogen-bond acceptors (Lipinski definition) is 3. The van der Waals surface area contributed by atoms with Gasteiger partial charge in [0.05, 0.1) is 17.5 Å². The largest absolute Gasteiger partial charge is 0.396 e. The molecule has 1 heterocycles. The van der Waals surface area contributed by atoms with Gasteiger partial charge in [-0.3, -0.25) is 0 Å². The Balaban J connectivity index is 1.63. The fourth-order valence-electron chi connectivity index (χ4n) is 6.92. The normalized spacial score (nSPS) is 77.6. The van der Waals surface area contributed by atoms with E-state index in [0.717, 1.165) is 31.0 Å². The zero-order chi connectivity index (χ0) is 10.5. The molecule has 8 atom stereocenters. The molecule has 1 spiro atoms. The van der Waals surface area contributed by atoms with Crippen molar-refractivity contribution in [2.75, 3.05) is 19.8 Å². The molecule has 6 aliphatic carbocycles. The van der Waals surface area contributed by atoms with E-state index in [1.165, 1.54) is 0 Å². The Morgan fingerprint density at radius 3 is 2.31 bits per heavy atom. The van der Waals surface area contributed by atoms with Gasteiger partial charge in [-0.1, -0.05) is 15.9 Å². The molecule has 4 heteroatoms.